The van der Waals surface area contributed by atoms with Crippen LogP contribution in [0.15, 0.2) is 30.3 Å². The van der Waals surface area contributed by atoms with Gasteiger partial charge in [-0.1, -0.05) is 44.2 Å². The van der Waals surface area contributed by atoms with Gasteiger partial charge < -0.3 is 5.32 Å². The fourth-order valence-corrected chi connectivity index (χ4v) is 3.06. The van der Waals surface area contributed by atoms with Crippen molar-refractivity contribution in [2.45, 2.75) is 33.2 Å². The van der Waals surface area contributed by atoms with Crippen LogP contribution in [0.2, 0.25) is 0 Å². The number of rotatable bonds is 6. The molecule has 0 aliphatic carbocycles. The van der Waals surface area contributed by atoms with Crippen LogP contribution in [0, 0.1) is 0 Å². The number of aromatic nitrogens is 1. The zero-order valence-corrected chi connectivity index (χ0v) is 11.9. The summed E-state index contributed by atoms with van der Waals surface area (Å²) >= 11 is 1.85. The predicted octanol–water partition coefficient (Wildman–Crippen LogP) is 3.87. The lowest BCUT2D eigenvalue weighted by molar-refractivity contribution is 0.735. The summed E-state index contributed by atoms with van der Waals surface area (Å²) in [4.78, 5) is 6.15. The maximum atomic E-state index is 4.80. The number of hydrogen-bond donors (Lipinski definition) is 1. The number of thiazole rings is 1. The van der Waals surface area contributed by atoms with Gasteiger partial charge in [0.1, 0.15) is 0 Å². The van der Waals surface area contributed by atoms with E-state index in [1.165, 1.54) is 15.4 Å². The van der Waals surface area contributed by atoms with Gasteiger partial charge in [-0.25, -0.2) is 4.98 Å². The van der Waals surface area contributed by atoms with Gasteiger partial charge in [0.05, 0.1) is 10.7 Å². The SMILES string of the molecule is CCCc1nc(-c2ccccc2)c(CNCC)s1. The van der Waals surface area contributed by atoms with Crippen molar-refractivity contribution < 1.29 is 0 Å². The van der Waals surface area contributed by atoms with Crippen LogP contribution in [0.3, 0.4) is 0 Å². The number of nitrogens with one attached hydrogen (secondary N) is 1. The van der Waals surface area contributed by atoms with E-state index in [1.54, 1.807) is 0 Å². The fraction of sp³-hybridized carbons (Fsp3) is 0.400. The Morgan fingerprint density at radius 3 is 2.61 bits per heavy atom. The summed E-state index contributed by atoms with van der Waals surface area (Å²) in [6.45, 7) is 6.25. The lowest BCUT2D eigenvalue weighted by Gasteiger charge is -2.02. The Balaban J connectivity index is 2.31. The first-order valence-electron chi connectivity index (χ1n) is 6.59. The number of hydrogen-bond acceptors (Lipinski definition) is 3. The van der Waals surface area contributed by atoms with Crippen LogP contribution < -0.4 is 5.32 Å². The van der Waals surface area contributed by atoms with Crippen molar-refractivity contribution >= 4 is 11.3 Å². The monoisotopic (exact) mass is 260 g/mol. The van der Waals surface area contributed by atoms with Crippen LogP contribution in [0.5, 0.6) is 0 Å². The highest BCUT2D eigenvalue weighted by Crippen LogP contribution is 2.28. The summed E-state index contributed by atoms with van der Waals surface area (Å²) in [5.41, 5.74) is 2.38. The Morgan fingerprint density at radius 1 is 1.17 bits per heavy atom. The minimum absolute atomic E-state index is 0.919. The van der Waals surface area contributed by atoms with E-state index in [-0.39, 0.29) is 0 Å². The van der Waals surface area contributed by atoms with Crippen LogP contribution in [0.4, 0.5) is 0 Å². The lowest BCUT2D eigenvalue weighted by Crippen LogP contribution is -2.11. The summed E-state index contributed by atoms with van der Waals surface area (Å²) in [7, 11) is 0. The highest BCUT2D eigenvalue weighted by atomic mass is 32.1. The Labute approximate surface area is 113 Å². The maximum absolute atomic E-state index is 4.80. The second-order valence-electron chi connectivity index (χ2n) is 4.28. The van der Waals surface area contributed by atoms with Crippen molar-refractivity contribution in [1.29, 1.82) is 0 Å². The first-order valence-corrected chi connectivity index (χ1v) is 7.41. The van der Waals surface area contributed by atoms with Crippen molar-refractivity contribution in [2.75, 3.05) is 6.54 Å². The molecule has 0 aliphatic rings. The zero-order valence-electron chi connectivity index (χ0n) is 11.1. The number of benzene rings is 1. The van der Waals surface area contributed by atoms with Crippen molar-refractivity contribution in [3.05, 3.63) is 40.2 Å². The molecular weight excluding hydrogens is 240 g/mol. The largest absolute Gasteiger partial charge is 0.312 e. The van der Waals surface area contributed by atoms with Gasteiger partial charge in [-0.05, 0) is 19.4 Å². The standard InChI is InChI=1S/C15H20N2S/c1-3-8-14-17-15(12-9-6-5-7-10-12)13(18-14)11-16-4-2/h5-7,9-10,16H,3-4,8,11H2,1-2H3. The van der Waals surface area contributed by atoms with Gasteiger partial charge >= 0.3 is 0 Å². The summed E-state index contributed by atoms with van der Waals surface area (Å²) in [6.07, 6.45) is 2.24. The number of aryl methyl sites for hydroxylation is 1. The molecule has 2 nitrogen and oxygen atoms in total. The molecule has 0 amide bonds. The van der Waals surface area contributed by atoms with Gasteiger partial charge in [0.15, 0.2) is 0 Å². The highest BCUT2D eigenvalue weighted by Gasteiger charge is 2.11. The van der Waals surface area contributed by atoms with Gasteiger partial charge in [-0.15, -0.1) is 11.3 Å². The molecule has 1 aromatic heterocycles. The van der Waals surface area contributed by atoms with Gasteiger partial charge in [0, 0.05) is 17.0 Å². The minimum atomic E-state index is 0.919. The first-order chi connectivity index (χ1) is 8.85. The van der Waals surface area contributed by atoms with Crippen LogP contribution in [0.1, 0.15) is 30.2 Å². The molecule has 0 fully saturated rings. The van der Waals surface area contributed by atoms with E-state index in [4.69, 9.17) is 4.98 Å². The third kappa shape index (κ3) is 3.18. The summed E-state index contributed by atoms with van der Waals surface area (Å²) < 4.78 is 0. The molecule has 0 spiro atoms. The summed E-state index contributed by atoms with van der Waals surface area (Å²) in [5.74, 6) is 0. The fourth-order valence-electron chi connectivity index (χ4n) is 1.90. The van der Waals surface area contributed by atoms with E-state index >= 15 is 0 Å². The average molecular weight is 260 g/mol. The highest BCUT2D eigenvalue weighted by molar-refractivity contribution is 7.12. The quantitative estimate of drug-likeness (QED) is 0.852. The Hall–Kier alpha value is -1.19. The topological polar surface area (TPSA) is 24.9 Å². The smallest absolute Gasteiger partial charge is 0.0935 e. The predicted molar refractivity (Wildman–Crippen MR) is 78.9 cm³/mol. The van der Waals surface area contributed by atoms with Crippen LogP contribution in [0.25, 0.3) is 11.3 Å². The normalized spacial score (nSPS) is 10.8. The van der Waals surface area contributed by atoms with Crippen molar-refractivity contribution in [2.24, 2.45) is 0 Å². The Bertz CT molecular complexity index is 476. The molecule has 1 heterocycles. The van der Waals surface area contributed by atoms with Gasteiger partial charge in [-0.2, -0.15) is 0 Å². The molecule has 0 unspecified atom stereocenters. The second kappa shape index (κ2) is 6.66. The Kier molecular flexibility index (Phi) is 4.90. The number of nitrogens with zero attached hydrogens (tertiary/aromatic N) is 1. The Morgan fingerprint density at radius 2 is 1.94 bits per heavy atom. The molecule has 2 rings (SSSR count). The lowest BCUT2D eigenvalue weighted by atomic mass is 10.1. The molecule has 0 saturated heterocycles. The van der Waals surface area contributed by atoms with E-state index in [2.05, 4.69) is 43.4 Å². The van der Waals surface area contributed by atoms with Gasteiger partial charge in [-0.3, -0.25) is 0 Å². The van der Waals surface area contributed by atoms with Crippen LogP contribution in [-0.4, -0.2) is 11.5 Å². The van der Waals surface area contributed by atoms with E-state index < -0.39 is 0 Å². The second-order valence-corrected chi connectivity index (χ2v) is 5.44. The first kappa shape index (κ1) is 13.2. The zero-order chi connectivity index (χ0) is 12.8. The minimum Gasteiger partial charge on any atom is -0.312 e. The molecule has 1 N–H and O–H groups in total. The van der Waals surface area contributed by atoms with E-state index in [0.717, 1.165) is 31.6 Å². The molecule has 0 radical (unpaired) electrons. The molecule has 0 bridgehead atoms. The third-order valence-electron chi connectivity index (χ3n) is 2.79. The maximum Gasteiger partial charge on any atom is 0.0935 e. The summed E-state index contributed by atoms with van der Waals surface area (Å²) in [6, 6.07) is 10.5. The van der Waals surface area contributed by atoms with Gasteiger partial charge in [0.25, 0.3) is 0 Å². The van der Waals surface area contributed by atoms with Crippen molar-refractivity contribution in [3.8, 4) is 11.3 Å². The van der Waals surface area contributed by atoms with Crippen LogP contribution in [-0.2, 0) is 13.0 Å². The molecular formula is C15H20N2S. The molecule has 96 valence electrons. The molecule has 0 atom stereocenters. The molecule has 3 heteroatoms. The molecule has 18 heavy (non-hydrogen) atoms. The van der Waals surface area contributed by atoms with E-state index in [9.17, 15) is 0 Å². The third-order valence-corrected chi connectivity index (χ3v) is 3.90. The van der Waals surface area contributed by atoms with E-state index in [0.29, 0.717) is 0 Å². The molecule has 2 aromatic rings. The average Bonchev–Trinajstić information content (AvgIpc) is 2.81. The van der Waals surface area contributed by atoms with Gasteiger partial charge in [0.2, 0.25) is 0 Å². The van der Waals surface area contributed by atoms with E-state index in [1.807, 2.05) is 17.4 Å². The van der Waals surface area contributed by atoms with Crippen LogP contribution >= 0.6 is 11.3 Å². The molecule has 0 aliphatic heterocycles. The van der Waals surface area contributed by atoms with Crippen molar-refractivity contribution in [1.82, 2.24) is 10.3 Å². The molecule has 1 aromatic carbocycles. The molecule has 0 saturated carbocycles. The summed E-state index contributed by atoms with van der Waals surface area (Å²) in [5, 5.41) is 4.65. The van der Waals surface area contributed by atoms with Crippen molar-refractivity contribution in [3.63, 3.8) is 0 Å².